The van der Waals surface area contributed by atoms with Gasteiger partial charge in [0.05, 0.1) is 9.89 Å². The molecule has 1 saturated heterocycles. The number of carbonyl (C=O) groups excluding carboxylic acids is 1. The second-order valence-electron chi connectivity index (χ2n) is 4.93. The number of carbonyl (C=O) groups is 1. The molecule has 0 radical (unpaired) electrons. The van der Waals surface area contributed by atoms with Crippen molar-refractivity contribution in [2.24, 2.45) is 5.41 Å². The van der Waals surface area contributed by atoms with Crippen LogP contribution in [0.3, 0.4) is 0 Å². The Morgan fingerprint density at radius 2 is 2.26 bits per heavy atom. The van der Waals surface area contributed by atoms with Gasteiger partial charge in [-0.05, 0) is 29.3 Å². The van der Waals surface area contributed by atoms with Crippen LogP contribution >= 0.6 is 15.9 Å². The SMILES string of the molecule is CNC(=O)C1(C)CCN(c2nc(NC)ncc2Br)C1. The Hall–Kier alpha value is -1.37. The molecule has 1 atom stereocenters. The molecule has 1 aliphatic heterocycles. The Kier molecular flexibility index (Phi) is 3.93. The fourth-order valence-electron chi connectivity index (χ4n) is 2.33. The summed E-state index contributed by atoms with van der Waals surface area (Å²) in [6.45, 7) is 3.45. The third-order valence-corrected chi connectivity index (χ3v) is 4.06. The lowest BCUT2D eigenvalue weighted by molar-refractivity contribution is -0.128. The van der Waals surface area contributed by atoms with E-state index in [0.717, 1.165) is 23.3 Å². The van der Waals surface area contributed by atoms with Gasteiger partial charge >= 0.3 is 0 Å². The number of aromatic nitrogens is 2. The Balaban J connectivity index is 2.23. The van der Waals surface area contributed by atoms with E-state index in [0.29, 0.717) is 12.5 Å². The Labute approximate surface area is 121 Å². The molecule has 2 heterocycles. The molecule has 0 bridgehead atoms. The predicted molar refractivity (Wildman–Crippen MR) is 78.3 cm³/mol. The summed E-state index contributed by atoms with van der Waals surface area (Å²) >= 11 is 3.47. The van der Waals surface area contributed by atoms with Gasteiger partial charge in [0.25, 0.3) is 0 Å². The maximum absolute atomic E-state index is 11.9. The monoisotopic (exact) mass is 327 g/mol. The van der Waals surface area contributed by atoms with Gasteiger partial charge in [-0.25, -0.2) is 4.98 Å². The van der Waals surface area contributed by atoms with E-state index in [1.165, 1.54) is 0 Å². The van der Waals surface area contributed by atoms with E-state index in [2.05, 4.69) is 41.4 Å². The van der Waals surface area contributed by atoms with Gasteiger partial charge in [0.1, 0.15) is 5.82 Å². The van der Waals surface area contributed by atoms with Crippen molar-refractivity contribution in [3.8, 4) is 0 Å². The van der Waals surface area contributed by atoms with Gasteiger partial charge in [0, 0.05) is 33.4 Å². The zero-order chi connectivity index (χ0) is 14.0. The van der Waals surface area contributed by atoms with Crippen LogP contribution in [0.5, 0.6) is 0 Å². The van der Waals surface area contributed by atoms with Crippen LogP contribution < -0.4 is 15.5 Å². The number of hydrogen-bond acceptors (Lipinski definition) is 5. The lowest BCUT2D eigenvalue weighted by atomic mass is 9.89. The molecule has 0 aromatic carbocycles. The molecule has 7 heteroatoms. The molecule has 0 spiro atoms. The van der Waals surface area contributed by atoms with Crippen molar-refractivity contribution in [3.05, 3.63) is 10.7 Å². The number of halogens is 1. The molecule has 1 unspecified atom stereocenters. The highest BCUT2D eigenvalue weighted by molar-refractivity contribution is 9.10. The van der Waals surface area contributed by atoms with E-state index in [-0.39, 0.29) is 11.3 Å². The molecule has 0 saturated carbocycles. The van der Waals surface area contributed by atoms with Crippen molar-refractivity contribution in [2.45, 2.75) is 13.3 Å². The topological polar surface area (TPSA) is 70.2 Å². The fourth-order valence-corrected chi connectivity index (χ4v) is 2.77. The van der Waals surface area contributed by atoms with Crippen LogP contribution in [-0.2, 0) is 4.79 Å². The third kappa shape index (κ3) is 2.65. The summed E-state index contributed by atoms with van der Waals surface area (Å²) in [7, 11) is 3.46. The van der Waals surface area contributed by atoms with Crippen molar-refractivity contribution in [1.82, 2.24) is 15.3 Å². The highest BCUT2D eigenvalue weighted by Gasteiger charge is 2.40. The molecule has 1 aromatic rings. The number of anilines is 2. The number of nitrogens with one attached hydrogen (secondary N) is 2. The van der Waals surface area contributed by atoms with E-state index in [4.69, 9.17) is 0 Å². The second kappa shape index (κ2) is 5.32. The lowest BCUT2D eigenvalue weighted by Crippen LogP contribution is -2.39. The number of nitrogens with zero attached hydrogens (tertiary/aromatic N) is 3. The maximum Gasteiger partial charge on any atom is 0.227 e. The molecular weight excluding hydrogens is 310 g/mol. The maximum atomic E-state index is 11.9. The van der Waals surface area contributed by atoms with Crippen LogP contribution in [-0.4, -0.2) is 43.1 Å². The van der Waals surface area contributed by atoms with Crippen molar-refractivity contribution in [1.29, 1.82) is 0 Å². The number of amides is 1. The Bertz CT molecular complexity index is 495. The largest absolute Gasteiger partial charge is 0.359 e. The summed E-state index contributed by atoms with van der Waals surface area (Å²) < 4.78 is 0.840. The molecule has 1 amide bonds. The zero-order valence-corrected chi connectivity index (χ0v) is 12.9. The average molecular weight is 328 g/mol. The Morgan fingerprint density at radius 3 is 2.89 bits per heavy atom. The average Bonchev–Trinajstić information content (AvgIpc) is 2.82. The fraction of sp³-hybridized carbons (Fsp3) is 0.583. The standard InChI is InChI=1S/C12H18BrN5O/c1-12(10(19)14-2)4-5-18(7-12)9-8(13)6-16-11(15-3)17-9/h6H,4-5,7H2,1-3H3,(H,14,19)(H,15,16,17). The first-order valence-electron chi connectivity index (χ1n) is 6.17. The molecule has 19 heavy (non-hydrogen) atoms. The minimum Gasteiger partial charge on any atom is -0.359 e. The molecule has 6 nitrogen and oxygen atoms in total. The smallest absolute Gasteiger partial charge is 0.227 e. The first-order valence-corrected chi connectivity index (χ1v) is 6.97. The van der Waals surface area contributed by atoms with Gasteiger partial charge in [-0.3, -0.25) is 4.79 Å². The summed E-state index contributed by atoms with van der Waals surface area (Å²) in [5, 5.41) is 5.66. The summed E-state index contributed by atoms with van der Waals surface area (Å²) in [6.07, 6.45) is 2.54. The highest BCUT2D eigenvalue weighted by Crippen LogP contribution is 2.35. The minimum absolute atomic E-state index is 0.0778. The zero-order valence-electron chi connectivity index (χ0n) is 11.3. The van der Waals surface area contributed by atoms with Crippen LogP contribution in [0.1, 0.15) is 13.3 Å². The van der Waals surface area contributed by atoms with E-state index >= 15 is 0 Å². The first-order chi connectivity index (χ1) is 9.00. The van der Waals surface area contributed by atoms with Gasteiger partial charge in [-0.2, -0.15) is 4.98 Å². The van der Waals surface area contributed by atoms with E-state index < -0.39 is 0 Å². The summed E-state index contributed by atoms with van der Waals surface area (Å²) in [4.78, 5) is 22.6. The van der Waals surface area contributed by atoms with Gasteiger partial charge in [-0.15, -0.1) is 0 Å². The van der Waals surface area contributed by atoms with E-state index in [1.807, 2.05) is 6.92 Å². The lowest BCUT2D eigenvalue weighted by Gasteiger charge is -2.24. The summed E-state index contributed by atoms with van der Waals surface area (Å²) in [6, 6.07) is 0. The van der Waals surface area contributed by atoms with Crippen LogP contribution in [0, 0.1) is 5.41 Å². The minimum atomic E-state index is -0.362. The second-order valence-corrected chi connectivity index (χ2v) is 5.78. The molecule has 0 aliphatic carbocycles. The molecule has 1 aliphatic rings. The van der Waals surface area contributed by atoms with Crippen LogP contribution in [0.2, 0.25) is 0 Å². The summed E-state index contributed by atoms with van der Waals surface area (Å²) in [5.74, 6) is 1.48. The predicted octanol–water partition coefficient (Wildman–Crippen LogP) is 1.24. The molecule has 1 aromatic heterocycles. The molecule has 104 valence electrons. The summed E-state index contributed by atoms with van der Waals surface area (Å²) in [5.41, 5.74) is -0.362. The quantitative estimate of drug-likeness (QED) is 0.874. The van der Waals surface area contributed by atoms with Gasteiger partial charge in [0.15, 0.2) is 0 Å². The number of rotatable bonds is 3. The first kappa shape index (κ1) is 14.0. The molecule has 2 N–H and O–H groups in total. The Morgan fingerprint density at radius 1 is 1.53 bits per heavy atom. The third-order valence-electron chi connectivity index (χ3n) is 3.50. The normalized spacial score (nSPS) is 22.4. The van der Waals surface area contributed by atoms with Gasteiger partial charge in [0.2, 0.25) is 11.9 Å². The number of hydrogen-bond donors (Lipinski definition) is 2. The van der Waals surface area contributed by atoms with Crippen molar-refractivity contribution >= 4 is 33.6 Å². The van der Waals surface area contributed by atoms with Gasteiger partial charge in [-0.1, -0.05) is 0 Å². The van der Waals surface area contributed by atoms with E-state index in [9.17, 15) is 4.79 Å². The van der Waals surface area contributed by atoms with Crippen molar-refractivity contribution in [2.75, 3.05) is 37.4 Å². The van der Waals surface area contributed by atoms with Crippen LogP contribution in [0.25, 0.3) is 0 Å². The van der Waals surface area contributed by atoms with Crippen LogP contribution in [0.4, 0.5) is 11.8 Å². The van der Waals surface area contributed by atoms with Crippen molar-refractivity contribution in [3.63, 3.8) is 0 Å². The van der Waals surface area contributed by atoms with Gasteiger partial charge < -0.3 is 15.5 Å². The van der Waals surface area contributed by atoms with E-state index in [1.54, 1.807) is 20.3 Å². The molecular formula is C12H18BrN5O. The highest BCUT2D eigenvalue weighted by atomic mass is 79.9. The molecule has 1 fully saturated rings. The molecule has 2 rings (SSSR count). The van der Waals surface area contributed by atoms with Crippen molar-refractivity contribution < 1.29 is 4.79 Å². The van der Waals surface area contributed by atoms with Crippen LogP contribution in [0.15, 0.2) is 10.7 Å².